The fraction of sp³-hybridized carbons (Fsp3) is 0.263. The summed E-state index contributed by atoms with van der Waals surface area (Å²) in [5, 5.41) is 5.30. The van der Waals surface area contributed by atoms with E-state index in [1.807, 2.05) is 0 Å². The molecule has 0 atom stereocenters. The first kappa shape index (κ1) is 21.4. The Morgan fingerprint density at radius 1 is 0.929 bits per heavy atom. The highest BCUT2D eigenvalue weighted by Gasteiger charge is 2.15. The highest BCUT2D eigenvalue weighted by Crippen LogP contribution is 2.17. The number of benzene rings is 2. The molecule has 0 aliphatic rings. The van der Waals surface area contributed by atoms with Crippen LogP contribution in [0.2, 0.25) is 0 Å². The van der Waals surface area contributed by atoms with Crippen LogP contribution in [-0.2, 0) is 19.6 Å². The van der Waals surface area contributed by atoms with Gasteiger partial charge in [0.1, 0.15) is 5.75 Å². The molecule has 2 rings (SSSR count). The molecule has 0 saturated carbocycles. The lowest BCUT2D eigenvalue weighted by atomic mass is 10.2. The SMILES string of the molecule is CC(=O)Nc1ccc(NC(=O)COc2ccc(S(=O)(=O)NC(C)C)cc2)cc1. The van der Waals surface area contributed by atoms with Gasteiger partial charge >= 0.3 is 0 Å². The zero-order valence-electron chi connectivity index (χ0n) is 15.9. The standard InChI is InChI=1S/C19H23N3O5S/c1-13(2)22-28(25,26)18-10-8-17(9-11-18)27-12-19(24)21-16-6-4-15(5-7-16)20-14(3)23/h4-11,13,22H,12H2,1-3H3,(H,20,23)(H,21,24). The monoisotopic (exact) mass is 405 g/mol. The average molecular weight is 405 g/mol. The Balaban J connectivity index is 1.88. The van der Waals surface area contributed by atoms with Crippen LogP contribution in [0.1, 0.15) is 20.8 Å². The summed E-state index contributed by atoms with van der Waals surface area (Å²) in [5.41, 5.74) is 1.19. The van der Waals surface area contributed by atoms with Crippen LogP contribution in [0.15, 0.2) is 53.4 Å². The number of rotatable bonds is 8. The van der Waals surface area contributed by atoms with E-state index in [1.54, 1.807) is 38.1 Å². The first-order valence-corrected chi connectivity index (χ1v) is 10.1. The van der Waals surface area contributed by atoms with Crippen LogP contribution in [0.4, 0.5) is 11.4 Å². The molecule has 0 aliphatic carbocycles. The molecule has 0 aromatic heterocycles. The molecule has 150 valence electrons. The van der Waals surface area contributed by atoms with Crippen molar-refractivity contribution in [3.05, 3.63) is 48.5 Å². The van der Waals surface area contributed by atoms with E-state index in [2.05, 4.69) is 15.4 Å². The Morgan fingerprint density at radius 2 is 1.46 bits per heavy atom. The molecule has 2 aromatic rings. The third-order valence-electron chi connectivity index (χ3n) is 3.38. The second kappa shape index (κ2) is 9.34. The molecule has 0 saturated heterocycles. The van der Waals surface area contributed by atoms with E-state index in [9.17, 15) is 18.0 Å². The summed E-state index contributed by atoms with van der Waals surface area (Å²) in [5.74, 6) is -0.172. The zero-order valence-corrected chi connectivity index (χ0v) is 16.7. The molecular weight excluding hydrogens is 382 g/mol. The molecule has 3 N–H and O–H groups in total. The third-order valence-corrected chi connectivity index (χ3v) is 5.06. The third kappa shape index (κ3) is 6.67. The molecule has 0 fully saturated rings. The minimum absolute atomic E-state index is 0.122. The highest BCUT2D eigenvalue weighted by atomic mass is 32.2. The van der Waals surface area contributed by atoms with Gasteiger partial charge in [-0.2, -0.15) is 0 Å². The molecule has 0 spiro atoms. The maximum Gasteiger partial charge on any atom is 0.262 e. The van der Waals surface area contributed by atoms with Crippen molar-refractivity contribution in [2.75, 3.05) is 17.2 Å². The quantitative estimate of drug-likeness (QED) is 0.624. The number of amides is 2. The second-order valence-electron chi connectivity index (χ2n) is 6.34. The molecule has 0 aliphatic heterocycles. The number of carbonyl (C=O) groups excluding carboxylic acids is 2. The normalized spacial score (nSPS) is 11.1. The van der Waals surface area contributed by atoms with Crippen LogP contribution in [0.25, 0.3) is 0 Å². The van der Waals surface area contributed by atoms with Gasteiger partial charge in [-0.3, -0.25) is 9.59 Å². The van der Waals surface area contributed by atoms with E-state index in [4.69, 9.17) is 4.74 Å². The fourth-order valence-electron chi connectivity index (χ4n) is 2.28. The van der Waals surface area contributed by atoms with Crippen molar-refractivity contribution in [3.63, 3.8) is 0 Å². The van der Waals surface area contributed by atoms with Gasteiger partial charge in [0.05, 0.1) is 4.90 Å². The number of hydrogen-bond acceptors (Lipinski definition) is 5. The Bertz CT molecular complexity index is 923. The number of nitrogens with one attached hydrogen (secondary N) is 3. The Hall–Kier alpha value is -2.91. The molecule has 9 heteroatoms. The lowest BCUT2D eigenvalue weighted by Crippen LogP contribution is -2.30. The summed E-state index contributed by atoms with van der Waals surface area (Å²) in [4.78, 5) is 23.1. The number of ether oxygens (including phenoxy) is 1. The van der Waals surface area contributed by atoms with Crippen LogP contribution < -0.4 is 20.1 Å². The minimum Gasteiger partial charge on any atom is -0.484 e. The highest BCUT2D eigenvalue weighted by molar-refractivity contribution is 7.89. The van der Waals surface area contributed by atoms with Gasteiger partial charge in [0.15, 0.2) is 6.61 Å². The van der Waals surface area contributed by atoms with Gasteiger partial charge in [-0.25, -0.2) is 13.1 Å². The molecule has 28 heavy (non-hydrogen) atoms. The number of anilines is 2. The molecule has 0 heterocycles. The van der Waals surface area contributed by atoms with E-state index >= 15 is 0 Å². The van der Waals surface area contributed by atoms with Crippen LogP contribution in [0.5, 0.6) is 5.75 Å². The molecular formula is C19H23N3O5S. The van der Waals surface area contributed by atoms with Crippen molar-refractivity contribution in [1.82, 2.24) is 4.72 Å². The largest absolute Gasteiger partial charge is 0.484 e. The average Bonchev–Trinajstić information content (AvgIpc) is 2.60. The maximum atomic E-state index is 12.1. The summed E-state index contributed by atoms with van der Waals surface area (Å²) in [7, 11) is -3.57. The van der Waals surface area contributed by atoms with E-state index in [-0.39, 0.29) is 29.4 Å². The van der Waals surface area contributed by atoms with Crippen LogP contribution in [-0.4, -0.2) is 32.9 Å². The zero-order chi connectivity index (χ0) is 20.7. The van der Waals surface area contributed by atoms with Crippen molar-refractivity contribution in [3.8, 4) is 5.75 Å². The van der Waals surface area contributed by atoms with Crippen LogP contribution >= 0.6 is 0 Å². The summed E-state index contributed by atoms with van der Waals surface area (Å²) >= 11 is 0. The van der Waals surface area contributed by atoms with E-state index in [1.165, 1.54) is 31.2 Å². The van der Waals surface area contributed by atoms with Crippen molar-refractivity contribution < 1.29 is 22.7 Å². The smallest absolute Gasteiger partial charge is 0.262 e. The molecule has 8 nitrogen and oxygen atoms in total. The predicted octanol–water partition coefficient (Wildman–Crippen LogP) is 2.35. The topological polar surface area (TPSA) is 114 Å². The van der Waals surface area contributed by atoms with Gasteiger partial charge < -0.3 is 15.4 Å². The maximum absolute atomic E-state index is 12.1. The summed E-state index contributed by atoms with van der Waals surface area (Å²) in [6.45, 7) is 4.65. The Labute approximate surface area is 164 Å². The number of sulfonamides is 1. The van der Waals surface area contributed by atoms with Crippen molar-refractivity contribution in [2.24, 2.45) is 0 Å². The summed E-state index contributed by atoms with van der Waals surface area (Å²) < 4.78 is 32.0. The van der Waals surface area contributed by atoms with Crippen LogP contribution in [0.3, 0.4) is 0 Å². The van der Waals surface area contributed by atoms with Gasteiger partial charge in [-0.1, -0.05) is 0 Å². The Kier molecular flexibility index (Phi) is 7.13. The van der Waals surface area contributed by atoms with Gasteiger partial charge in [0.25, 0.3) is 5.91 Å². The molecule has 0 bridgehead atoms. The predicted molar refractivity (Wildman–Crippen MR) is 107 cm³/mol. The van der Waals surface area contributed by atoms with Crippen LogP contribution in [0, 0.1) is 0 Å². The molecule has 2 amide bonds. The molecule has 2 aromatic carbocycles. The second-order valence-corrected chi connectivity index (χ2v) is 8.06. The fourth-order valence-corrected chi connectivity index (χ4v) is 3.53. The molecule has 0 unspecified atom stereocenters. The van der Waals surface area contributed by atoms with Gasteiger partial charge in [0, 0.05) is 24.3 Å². The lowest BCUT2D eigenvalue weighted by Gasteiger charge is -2.11. The van der Waals surface area contributed by atoms with E-state index < -0.39 is 10.0 Å². The molecule has 0 radical (unpaired) electrons. The first-order valence-electron chi connectivity index (χ1n) is 8.58. The van der Waals surface area contributed by atoms with Gasteiger partial charge in [0.2, 0.25) is 15.9 Å². The summed E-state index contributed by atoms with van der Waals surface area (Å²) in [6.07, 6.45) is 0. The number of carbonyl (C=O) groups is 2. The first-order chi connectivity index (χ1) is 13.2. The van der Waals surface area contributed by atoms with Gasteiger partial charge in [-0.15, -0.1) is 0 Å². The number of hydrogen-bond donors (Lipinski definition) is 3. The summed E-state index contributed by atoms with van der Waals surface area (Å²) in [6, 6.07) is 12.3. The van der Waals surface area contributed by atoms with Crippen molar-refractivity contribution in [2.45, 2.75) is 31.7 Å². The van der Waals surface area contributed by atoms with Crippen molar-refractivity contribution >= 4 is 33.2 Å². The Morgan fingerprint density at radius 3 is 1.96 bits per heavy atom. The minimum atomic E-state index is -3.57. The van der Waals surface area contributed by atoms with Crippen molar-refractivity contribution in [1.29, 1.82) is 0 Å². The van der Waals surface area contributed by atoms with E-state index in [0.717, 1.165) is 0 Å². The lowest BCUT2D eigenvalue weighted by molar-refractivity contribution is -0.118. The van der Waals surface area contributed by atoms with E-state index in [0.29, 0.717) is 17.1 Å². The van der Waals surface area contributed by atoms with Gasteiger partial charge in [-0.05, 0) is 62.4 Å².